The van der Waals surface area contributed by atoms with Crippen molar-refractivity contribution in [3.63, 3.8) is 0 Å². The molecule has 9 heteroatoms. The van der Waals surface area contributed by atoms with Crippen LogP contribution in [0.15, 0.2) is 29.4 Å². The first kappa shape index (κ1) is 20.6. The van der Waals surface area contributed by atoms with Crippen LogP contribution in [0.3, 0.4) is 0 Å². The van der Waals surface area contributed by atoms with Gasteiger partial charge in [-0.15, -0.1) is 0 Å². The van der Waals surface area contributed by atoms with Crippen molar-refractivity contribution >= 4 is 15.9 Å². The average Bonchev–Trinajstić information content (AvgIpc) is 3.31. The van der Waals surface area contributed by atoms with Gasteiger partial charge in [0, 0.05) is 51.5 Å². The number of nitrogens with zero attached hydrogens (tertiary/aromatic N) is 4. The van der Waals surface area contributed by atoms with Gasteiger partial charge in [-0.3, -0.25) is 9.89 Å². The highest BCUT2D eigenvalue weighted by Gasteiger charge is 2.33. The molecule has 0 spiro atoms. The van der Waals surface area contributed by atoms with Gasteiger partial charge in [0.2, 0.25) is 15.9 Å². The summed E-state index contributed by atoms with van der Waals surface area (Å²) in [6.45, 7) is 5.91. The highest BCUT2D eigenvalue weighted by Crippen LogP contribution is 2.23. The van der Waals surface area contributed by atoms with Gasteiger partial charge in [-0.05, 0) is 38.8 Å². The number of amides is 1. The number of nitrogens with one attached hydrogen (secondary N) is 1. The molecule has 0 saturated carbocycles. The van der Waals surface area contributed by atoms with Gasteiger partial charge in [0.1, 0.15) is 4.90 Å². The summed E-state index contributed by atoms with van der Waals surface area (Å²) < 4.78 is 29.3. The maximum absolute atomic E-state index is 12.9. The molecule has 154 valence electrons. The smallest absolute Gasteiger partial charge is 0.246 e. The molecule has 1 fully saturated rings. The lowest BCUT2D eigenvalue weighted by molar-refractivity contribution is -0.132. The summed E-state index contributed by atoms with van der Waals surface area (Å²) in [4.78, 5) is 14.5. The SMILES string of the molecule is Cc1n[nH]c(C)c1S(=O)(=O)N1CCN(C(=O)CCCCCn2cccc2)CC1. The van der Waals surface area contributed by atoms with Gasteiger partial charge in [0.05, 0.1) is 11.4 Å². The Hall–Kier alpha value is -2.13. The molecular weight excluding hydrogens is 378 g/mol. The lowest BCUT2D eigenvalue weighted by Crippen LogP contribution is -2.50. The molecule has 1 aliphatic heterocycles. The van der Waals surface area contributed by atoms with E-state index in [2.05, 4.69) is 14.8 Å². The Bertz CT molecular complexity index is 861. The molecule has 0 aliphatic carbocycles. The topological polar surface area (TPSA) is 91.3 Å². The van der Waals surface area contributed by atoms with E-state index in [1.807, 2.05) is 24.5 Å². The van der Waals surface area contributed by atoms with Crippen molar-refractivity contribution < 1.29 is 13.2 Å². The normalized spacial score (nSPS) is 15.9. The molecule has 8 nitrogen and oxygen atoms in total. The largest absolute Gasteiger partial charge is 0.354 e. The monoisotopic (exact) mass is 407 g/mol. The van der Waals surface area contributed by atoms with Crippen molar-refractivity contribution in [2.75, 3.05) is 26.2 Å². The summed E-state index contributed by atoms with van der Waals surface area (Å²) >= 11 is 0. The summed E-state index contributed by atoms with van der Waals surface area (Å²) in [7, 11) is -3.58. The quantitative estimate of drug-likeness (QED) is 0.677. The molecule has 2 aromatic rings. The molecule has 0 bridgehead atoms. The molecule has 3 rings (SSSR count). The molecule has 28 heavy (non-hydrogen) atoms. The number of carbonyl (C=O) groups excluding carboxylic acids is 1. The van der Waals surface area contributed by atoms with Gasteiger partial charge < -0.3 is 9.47 Å². The lowest BCUT2D eigenvalue weighted by atomic mass is 10.1. The van der Waals surface area contributed by atoms with Crippen molar-refractivity contribution in [1.29, 1.82) is 0 Å². The van der Waals surface area contributed by atoms with E-state index in [4.69, 9.17) is 0 Å². The van der Waals surface area contributed by atoms with E-state index in [0.29, 0.717) is 44.0 Å². The molecule has 0 aromatic carbocycles. The Kier molecular flexibility index (Phi) is 6.56. The first-order valence-electron chi connectivity index (χ1n) is 9.80. The van der Waals surface area contributed by atoms with Crippen LogP contribution in [0.2, 0.25) is 0 Å². The molecule has 1 aliphatic rings. The third-order valence-corrected chi connectivity index (χ3v) is 7.39. The van der Waals surface area contributed by atoms with Crippen molar-refractivity contribution in [3.8, 4) is 0 Å². The van der Waals surface area contributed by atoms with Crippen LogP contribution in [-0.4, -0.2) is 64.5 Å². The third kappa shape index (κ3) is 4.64. The molecule has 0 unspecified atom stereocenters. The fourth-order valence-corrected chi connectivity index (χ4v) is 5.41. The minimum atomic E-state index is -3.58. The zero-order chi connectivity index (χ0) is 20.1. The summed E-state index contributed by atoms with van der Waals surface area (Å²) in [5, 5.41) is 6.72. The van der Waals surface area contributed by atoms with E-state index in [1.165, 1.54) is 4.31 Å². The second-order valence-corrected chi connectivity index (χ2v) is 9.15. The zero-order valence-electron chi connectivity index (χ0n) is 16.6. The van der Waals surface area contributed by atoms with Crippen LogP contribution >= 0.6 is 0 Å². The van der Waals surface area contributed by atoms with E-state index in [0.717, 1.165) is 25.8 Å². The first-order chi connectivity index (χ1) is 13.4. The summed E-state index contributed by atoms with van der Waals surface area (Å²) in [5.74, 6) is 0.119. The summed E-state index contributed by atoms with van der Waals surface area (Å²) in [6.07, 6.45) is 7.55. The number of H-pyrrole nitrogens is 1. The van der Waals surface area contributed by atoms with Crippen LogP contribution in [-0.2, 0) is 21.4 Å². The number of piperazine rings is 1. The van der Waals surface area contributed by atoms with E-state index in [1.54, 1.807) is 18.7 Å². The van der Waals surface area contributed by atoms with Gasteiger partial charge in [-0.25, -0.2) is 8.42 Å². The first-order valence-corrected chi connectivity index (χ1v) is 11.2. The van der Waals surface area contributed by atoms with E-state index in [-0.39, 0.29) is 10.8 Å². The minimum absolute atomic E-state index is 0.119. The molecule has 0 atom stereocenters. The predicted molar refractivity (Wildman–Crippen MR) is 106 cm³/mol. The average molecular weight is 408 g/mol. The lowest BCUT2D eigenvalue weighted by Gasteiger charge is -2.34. The summed E-state index contributed by atoms with van der Waals surface area (Å²) in [6, 6.07) is 4.02. The Morgan fingerprint density at radius 1 is 1.07 bits per heavy atom. The van der Waals surface area contributed by atoms with Gasteiger partial charge in [-0.1, -0.05) is 6.42 Å². The number of rotatable bonds is 8. The maximum Gasteiger partial charge on any atom is 0.246 e. The fourth-order valence-electron chi connectivity index (χ4n) is 3.65. The molecule has 1 saturated heterocycles. The number of aryl methyl sites for hydroxylation is 3. The van der Waals surface area contributed by atoms with Crippen LogP contribution < -0.4 is 0 Å². The number of unbranched alkanes of at least 4 members (excludes halogenated alkanes) is 2. The molecule has 3 heterocycles. The Labute approximate surface area is 166 Å². The van der Waals surface area contributed by atoms with Crippen molar-refractivity contribution in [3.05, 3.63) is 35.9 Å². The number of sulfonamides is 1. The van der Waals surface area contributed by atoms with Crippen molar-refractivity contribution in [2.45, 2.75) is 51.0 Å². The Morgan fingerprint density at radius 3 is 2.36 bits per heavy atom. The van der Waals surface area contributed by atoms with Gasteiger partial charge in [-0.2, -0.15) is 9.40 Å². The van der Waals surface area contributed by atoms with E-state index in [9.17, 15) is 13.2 Å². The number of aromatic amines is 1. The van der Waals surface area contributed by atoms with Gasteiger partial charge in [0.15, 0.2) is 0 Å². The van der Waals surface area contributed by atoms with Gasteiger partial charge in [0.25, 0.3) is 0 Å². The van der Waals surface area contributed by atoms with Crippen LogP contribution in [0.5, 0.6) is 0 Å². The maximum atomic E-state index is 12.9. The standard InChI is InChI=1S/C19H29N5O3S/c1-16-19(17(2)21-20-16)28(26,27)24-14-12-23(13-15-24)18(25)8-4-3-5-9-22-10-6-7-11-22/h6-7,10-11H,3-5,8-9,12-15H2,1-2H3,(H,20,21). The second kappa shape index (κ2) is 8.91. The minimum Gasteiger partial charge on any atom is -0.354 e. The molecular formula is C19H29N5O3S. The zero-order valence-corrected chi connectivity index (χ0v) is 17.4. The molecule has 1 amide bonds. The molecule has 0 radical (unpaired) electrons. The van der Waals surface area contributed by atoms with Crippen molar-refractivity contribution in [2.24, 2.45) is 0 Å². The van der Waals surface area contributed by atoms with Crippen LogP contribution in [0, 0.1) is 13.8 Å². The number of carbonyl (C=O) groups is 1. The van der Waals surface area contributed by atoms with Crippen LogP contribution in [0.25, 0.3) is 0 Å². The van der Waals surface area contributed by atoms with Crippen LogP contribution in [0.1, 0.15) is 37.1 Å². The van der Waals surface area contributed by atoms with Gasteiger partial charge >= 0.3 is 0 Å². The third-order valence-electron chi connectivity index (χ3n) is 5.22. The van der Waals surface area contributed by atoms with Crippen LogP contribution in [0.4, 0.5) is 0 Å². The Balaban J connectivity index is 1.42. The molecule has 1 N–H and O–H groups in total. The number of hydrogen-bond donors (Lipinski definition) is 1. The Morgan fingerprint density at radius 2 is 1.75 bits per heavy atom. The molecule has 2 aromatic heterocycles. The summed E-state index contributed by atoms with van der Waals surface area (Å²) in [5.41, 5.74) is 1.03. The van der Waals surface area contributed by atoms with Crippen molar-refractivity contribution in [1.82, 2.24) is 24.0 Å². The highest BCUT2D eigenvalue weighted by molar-refractivity contribution is 7.89. The number of aromatic nitrogens is 3. The highest BCUT2D eigenvalue weighted by atomic mass is 32.2. The number of hydrogen-bond acceptors (Lipinski definition) is 4. The van der Waals surface area contributed by atoms with E-state index >= 15 is 0 Å². The fraction of sp³-hybridized carbons (Fsp3) is 0.579. The predicted octanol–water partition coefficient (Wildman–Crippen LogP) is 1.92. The second-order valence-electron chi connectivity index (χ2n) is 7.28. The van der Waals surface area contributed by atoms with E-state index < -0.39 is 10.0 Å².